The molecule has 2 aliphatic rings. The Balaban J connectivity index is 1.83. The van der Waals surface area contributed by atoms with E-state index in [1.54, 1.807) is 0 Å². The van der Waals surface area contributed by atoms with E-state index >= 15 is 0 Å². The quantitative estimate of drug-likeness (QED) is 0.651. The van der Waals surface area contributed by atoms with Crippen molar-refractivity contribution in [3.05, 3.63) is 0 Å². The van der Waals surface area contributed by atoms with Gasteiger partial charge in [0.25, 0.3) is 10.2 Å². The van der Waals surface area contributed by atoms with E-state index in [1.807, 2.05) is 11.8 Å². The molecule has 2 fully saturated rings. The molecule has 1 saturated heterocycles. The average molecular weight is 276 g/mol. The van der Waals surface area contributed by atoms with E-state index in [2.05, 4.69) is 5.32 Å². The summed E-state index contributed by atoms with van der Waals surface area (Å²) < 4.78 is 23.6. The van der Waals surface area contributed by atoms with Crippen LogP contribution in [0.4, 0.5) is 0 Å². The summed E-state index contributed by atoms with van der Waals surface area (Å²) in [5, 5.41) is 8.02. The Kier molecular flexibility index (Phi) is 3.90. The van der Waals surface area contributed by atoms with Crippen LogP contribution in [0.3, 0.4) is 0 Å². The second-order valence-electron chi connectivity index (χ2n) is 4.94. The summed E-state index contributed by atoms with van der Waals surface area (Å²) in [6.45, 7) is 3.62. The monoisotopic (exact) mass is 276 g/mol. The molecule has 0 radical (unpaired) electrons. The molecular formula is C10H20N4O3S. The number of carbonyl (C=O) groups is 1. The summed E-state index contributed by atoms with van der Waals surface area (Å²) in [5.41, 5.74) is 0. The van der Waals surface area contributed by atoms with Crippen LogP contribution in [-0.2, 0) is 15.0 Å². The van der Waals surface area contributed by atoms with Gasteiger partial charge in [-0.15, -0.1) is 0 Å². The van der Waals surface area contributed by atoms with Crippen molar-refractivity contribution in [3.8, 4) is 0 Å². The van der Waals surface area contributed by atoms with Crippen LogP contribution in [0.5, 0.6) is 0 Å². The third-order valence-electron chi connectivity index (χ3n) is 3.48. The van der Waals surface area contributed by atoms with Crippen LogP contribution in [0, 0.1) is 0 Å². The van der Waals surface area contributed by atoms with Gasteiger partial charge >= 0.3 is 0 Å². The first-order valence-electron chi connectivity index (χ1n) is 6.20. The first-order valence-corrected chi connectivity index (χ1v) is 7.70. The van der Waals surface area contributed by atoms with Gasteiger partial charge in [-0.1, -0.05) is 0 Å². The van der Waals surface area contributed by atoms with E-state index in [0.29, 0.717) is 32.2 Å². The highest BCUT2D eigenvalue weighted by molar-refractivity contribution is 7.86. The molecule has 1 amide bonds. The lowest BCUT2D eigenvalue weighted by atomic mass is 10.2. The Labute approximate surface area is 107 Å². The van der Waals surface area contributed by atoms with E-state index in [1.165, 1.54) is 4.31 Å². The number of carbonyl (C=O) groups excluding carboxylic acids is 1. The maximum Gasteiger partial charge on any atom is 0.276 e. The Morgan fingerprint density at radius 1 is 1.28 bits per heavy atom. The molecule has 18 heavy (non-hydrogen) atoms. The molecule has 0 aromatic carbocycles. The number of rotatable bonds is 4. The lowest BCUT2D eigenvalue weighted by Gasteiger charge is -2.35. The summed E-state index contributed by atoms with van der Waals surface area (Å²) in [7, 11) is -3.60. The van der Waals surface area contributed by atoms with Crippen LogP contribution >= 0.6 is 0 Å². The third-order valence-corrected chi connectivity index (χ3v) is 4.57. The highest BCUT2D eigenvalue weighted by Gasteiger charge is 2.31. The van der Waals surface area contributed by atoms with Gasteiger partial charge in [-0.2, -0.15) is 12.7 Å². The summed E-state index contributed by atoms with van der Waals surface area (Å²) in [6, 6.07) is 0.138. The fourth-order valence-corrected chi connectivity index (χ4v) is 2.73. The zero-order valence-electron chi connectivity index (χ0n) is 10.5. The van der Waals surface area contributed by atoms with Crippen LogP contribution < -0.4 is 10.5 Å². The van der Waals surface area contributed by atoms with Crippen molar-refractivity contribution in [1.29, 1.82) is 0 Å². The van der Waals surface area contributed by atoms with Crippen molar-refractivity contribution in [2.24, 2.45) is 5.14 Å². The first-order chi connectivity index (χ1) is 8.38. The molecule has 0 aromatic heterocycles. The van der Waals surface area contributed by atoms with Gasteiger partial charge in [0.1, 0.15) is 0 Å². The van der Waals surface area contributed by atoms with Gasteiger partial charge in [-0.3, -0.25) is 9.69 Å². The van der Waals surface area contributed by atoms with Crippen LogP contribution in [0.25, 0.3) is 0 Å². The van der Waals surface area contributed by atoms with Crippen LogP contribution in [0.1, 0.15) is 19.8 Å². The van der Waals surface area contributed by atoms with Gasteiger partial charge in [0, 0.05) is 32.2 Å². The molecule has 1 heterocycles. The third kappa shape index (κ3) is 3.41. The number of nitrogens with two attached hydrogens (primary N) is 1. The molecule has 3 N–H and O–H groups in total. The smallest absolute Gasteiger partial charge is 0.276 e. The van der Waals surface area contributed by atoms with Gasteiger partial charge < -0.3 is 5.32 Å². The maximum atomic E-state index is 11.9. The van der Waals surface area contributed by atoms with Crippen LogP contribution in [0.2, 0.25) is 0 Å². The minimum Gasteiger partial charge on any atom is -0.352 e. The lowest BCUT2D eigenvalue weighted by Crippen LogP contribution is -2.56. The Morgan fingerprint density at radius 3 is 2.28 bits per heavy atom. The van der Waals surface area contributed by atoms with E-state index in [9.17, 15) is 13.2 Å². The molecule has 1 saturated carbocycles. The van der Waals surface area contributed by atoms with Crippen molar-refractivity contribution >= 4 is 16.1 Å². The molecule has 1 aliphatic heterocycles. The summed E-state index contributed by atoms with van der Waals surface area (Å²) in [4.78, 5) is 13.8. The van der Waals surface area contributed by atoms with Crippen molar-refractivity contribution in [3.63, 3.8) is 0 Å². The fraction of sp³-hybridized carbons (Fsp3) is 0.900. The predicted molar refractivity (Wildman–Crippen MR) is 66.9 cm³/mol. The standard InChI is InChI=1S/C10H20N4O3S/c1-8(10(15)12-9-2-3-9)13-4-6-14(7-5-13)18(11,16)17/h8-9H,2-7H2,1H3,(H,12,15)(H2,11,16,17). The molecule has 0 aromatic rings. The minimum absolute atomic E-state index is 0.0292. The first kappa shape index (κ1) is 13.7. The molecule has 0 bridgehead atoms. The molecule has 1 aliphatic carbocycles. The van der Waals surface area contributed by atoms with Gasteiger partial charge in [-0.25, -0.2) is 5.14 Å². The molecule has 7 nitrogen and oxygen atoms in total. The number of amides is 1. The van der Waals surface area contributed by atoms with Crippen molar-refractivity contribution in [2.75, 3.05) is 26.2 Å². The van der Waals surface area contributed by atoms with E-state index < -0.39 is 10.2 Å². The van der Waals surface area contributed by atoms with E-state index in [4.69, 9.17) is 5.14 Å². The maximum absolute atomic E-state index is 11.9. The molecule has 104 valence electrons. The topological polar surface area (TPSA) is 95.7 Å². The second-order valence-corrected chi connectivity index (χ2v) is 6.49. The highest BCUT2D eigenvalue weighted by Crippen LogP contribution is 2.19. The molecule has 8 heteroatoms. The van der Waals surface area contributed by atoms with Gasteiger partial charge in [0.05, 0.1) is 6.04 Å². The van der Waals surface area contributed by atoms with Crippen LogP contribution in [-0.4, -0.2) is 61.8 Å². The normalized spacial score (nSPS) is 24.8. The van der Waals surface area contributed by atoms with Gasteiger partial charge in [0.15, 0.2) is 0 Å². The van der Waals surface area contributed by atoms with Gasteiger partial charge in [0.2, 0.25) is 5.91 Å². The lowest BCUT2D eigenvalue weighted by molar-refractivity contribution is -0.126. The van der Waals surface area contributed by atoms with Crippen molar-refractivity contribution in [2.45, 2.75) is 31.8 Å². The number of nitrogens with zero attached hydrogens (tertiary/aromatic N) is 2. The molecule has 1 unspecified atom stereocenters. The second kappa shape index (κ2) is 5.12. The van der Waals surface area contributed by atoms with Crippen molar-refractivity contribution in [1.82, 2.24) is 14.5 Å². The van der Waals surface area contributed by atoms with E-state index in [0.717, 1.165) is 12.8 Å². The average Bonchev–Trinajstić information content (AvgIpc) is 3.11. The summed E-state index contributed by atoms with van der Waals surface area (Å²) in [6.07, 6.45) is 2.13. The minimum atomic E-state index is -3.60. The summed E-state index contributed by atoms with van der Waals surface area (Å²) >= 11 is 0. The number of nitrogens with one attached hydrogen (secondary N) is 1. The fourth-order valence-electron chi connectivity index (χ4n) is 2.06. The SMILES string of the molecule is CC(C(=O)NC1CC1)N1CCN(S(N)(=O)=O)CC1. The number of piperazine rings is 1. The number of hydrogen-bond donors (Lipinski definition) is 2. The predicted octanol–water partition coefficient (Wildman–Crippen LogP) is -1.53. The largest absolute Gasteiger partial charge is 0.352 e. The molecular weight excluding hydrogens is 256 g/mol. The molecule has 2 rings (SSSR count). The van der Waals surface area contributed by atoms with Crippen molar-refractivity contribution < 1.29 is 13.2 Å². The zero-order valence-corrected chi connectivity index (χ0v) is 11.3. The highest BCUT2D eigenvalue weighted by atomic mass is 32.2. The Bertz CT molecular complexity index is 413. The Hall–Kier alpha value is -0.700. The number of hydrogen-bond acceptors (Lipinski definition) is 4. The molecule has 0 spiro atoms. The van der Waals surface area contributed by atoms with Gasteiger partial charge in [-0.05, 0) is 19.8 Å². The van der Waals surface area contributed by atoms with E-state index in [-0.39, 0.29) is 11.9 Å². The van der Waals surface area contributed by atoms with Crippen LogP contribution in [0.15, 0.2) is 0 Å². The zero-order chi connectivity index (χ0) is 13.3. The Morgan fingerprint density at radius 2 is 1.83 bits per heavy atom. The summed E-state index contributed by atoms with van der Waals surface area (Å²) in [5.74, 6) is 0.0292. The molecule has 1 atom stereocenters.